The van der Waals surface area contributed by atoms with E-state index in [0.29, 0.717) is 16.9 Å². The van der Waals surface area contributed by atoms with Crippen molar-refractivity contribution >= 4 is 11.6 Å². The summed E-state index contributed by atoms with van der Waals surface area (Å²) in [5, 5.41) is 16.0. The summed E-state index contributed by atoms with van der Waals surface area (Å²) in [6.07, 6.45) is 0. The number of amides is 1. The molecule has 0 fully saturated rings. The Labute approximate surface area is 151 Å². The second-order valence-electron chi connectivity index (χ2n) is 5.87. The predicted molar refractivity (Wildman–Crippen MR) is 99.0 cm³/mol. The number of aromatic nitrogens is 2. The molecule has 3 rings (SSSR count). The third kappa shape index (κ3) is 3.42. The van der Waals surface area contributed by atoms with Gasteiger partial charge in [-0.1, -0.05) is 6.07 Å². The average Bonchev–Trinajstić information content (AvgIpc) is 3.03. The van der Waals surface area contributed by atoms with Crippen LogP contribution >= 0.6 is 0 Å². The zero-order valence-corrected chi connectivity index (χ0v) is 14.8. The van der Waals surface area contributed by atoms with Gasteiger partial charge in [-0.25, -0.2) is 0 Å². The minimum Gasteiger partial charge on any atom is -0.496 e. The number of nitrogens with one attached hydrogen (secondary N) is 1. The summed E-state index contributed by atoms with van der Waals surface area (Å²) in [6, 6.07) is 16.4. The maximum atomic E-state index is 12.5. The third-order valence-electron chi connectivity index (χ3n) is 4.05. The molecule has 0 saturated heterocycles. The smallest absolute Gasteiger partial charge is 0.276 e. The number of nitriles is 1. The molecule has 0 radical (unpaired) electrons. The standard InChI is InChI=1S/C20H18N4O2/c1-13-9-15(7-8-19(13)26-3)18-11-17(23-24(18)2)20(25)22-16-6-4-5-14(10-16)12-21/h4-11H,1-3H3,(H,22,25). The number of carbonyl (C=O) groups is 1. The quantitative estimate of drug-likeness (QED) is 0.784. The van der Waals surface area contributed by atoms with Crippen molar-refractivity contribution < 1.29 is 9.53 Å². The number of anilines is 1. The molecule has 1 aromatic heterocycles. The van der Waals surface area contributed by atoms with E-state index in [1.807, 2.05) is 31.2 Å². The molecule has 0 aliphatic rings. The molecule has 0 bridgehead atoms. The SMILES string of the molecule is COc1ccc(-c2cc(C(=O)Nc3cccc(C#N)c3)nn2C)cc1C. The van der Waals surface area contributed by atoms with Gasteiger partial charge in [0.2, 0.25) is 0 Å². The molecule has 6 heteroatoms. The molecule has 3 aromatic rings. The van der Waals surface area contributed by atoms with Crippen molar-refractivity contribution in [1.82, 2.24) is 9.78 Å². The van der Waals surface area contributed by atoms with E-state index in [1.165, 1.54) is 0 Å². The maximum absolute atomic E-state index is 12.5. The Hall–Kier alpha value is -3.59. The molecule has 0 atom stereocenters. The lowest BCUT2D eigenvalue weighted by atomic mass is 10.1. The number of carbonyl (C=O) groups excluding carboxylic acids is 1. The topological polar surface area (TPSA) is 79.9 Å². The lowest BCUT2D eigenvalue weighted by Crippen LogP contribution is -2.13. The van der Waals surface area contributed by atoms with Crippen molar-refractivity contribution in [3.8, 4) is 23.1 Å². The molecule has 1 heterocycles. The monoisotopic (exact) mass is 346 g/mol. The van der Waals surface area contributed by atoms with Gasteiger partial charge in [-0.05, 0) is 55.0 Å². The van der Waals surface area contributed by atoms with E-state index in [4.69, 9.17) is 10.00 Å². The summed E-state index contributed by atoms with van der Waals surface area (Å²) in [6.45, 7) is 1.97. The summed E-state index contributed by atoms with van der Waals surface area (Å²) in [4.78, 5) is 12.5. The number of methoxy groups -OCH3 is 1. The summed E-state index contributed by atoms with van der Waals surface area (Å²) in [7, 11) is 3.43. The van der Waals surface area contributed by atoms with Crippen LogP contribution in [0.5, 0.6) is 5.75 Å². The fourth-order valence-corrected chi connectivity index (χ4v) is 2.75. The van der Waals surface area contributed by atoms with Crippen LogP contribution in [0.15, 0.2) is 48.5 Å². The van der Waals surface area contributed by atoms with Crippen LogP contribution in [0, 0.1) is 18.3 Å². The van der Waals surface area contributed by atoms with E-state index in [2.05, 4.69) is 10.4 Å². The molecule has 0 saturated carbocycles. The lowest BCUT2D eigenvalue weighted by molar-refractivity contribution is 0.102. The number of aryl methyl sites for hydroxylation is 2. The van der Waals surface area contributed by atoms with Crippen LogP contribution in [0.3, 0.4) is 0 Å². The molecular weight excluding hydrogens is 328 g/mol. The third-order valence-corrected chi connectivity index (χ3v) is 4.05. The van der Waals surface area contributed by atoms with Crippen molar-refractivity contribution in [1.29, 1.82) is 5.26 Å². The van der Waals surface area contributed by atoms with E-state index >= 15 is 0 Å². The van der Waals surface area contributed by atoms with Crippen LogP contribution in [0.2, 0.25) is 0 Å². The largest absolute Gasteiger partial charge is 0.496 e. The van der Waals surface area contributed by atoms with E-state index in [0.717, 1.165) is 22.6 Å². The molecule has 0 spiro atoms. The number of hydrogen-bond donors (Lipinski definition) is 1. The van der Waals surface area contributed by atoms with E-state index in [-0.39, 0.29) is 5.91 Å². The van der Waals surface area contributed by atoms with Gasteiger partial charge < -0.3 is 10.1 Å². The van der Waals surface area contributed by atoms with Gasteiger partial charge in [0, 0.05) is 18.3 Å². The van der Waals surface area contributed by atoms with E-state index in [1.54, 1.807) is 49.2 Å². The van der Waals surface area contributed by atoms with Crippen molar-refractivity contribution in [2.45, 2.75) is 6.92 Å². The first kappa shape index (κ1) is 17.2. The van der Waals surface area contributed by atoms with Crippen LogP contribution in [0.25, 0.3) is 11.3 Å². The van der Waals surface area contributed by atoms with Gasteiger partial charge in [-0.2, -0.15) is 10.4 Å². The molecule has 6 nitrogen and oxygen atoms in total. The Morgan fingerprint density at radius 2 is 2.04 bits per heavy atom. The summed E-state index contributed by atoms with van der Waals surface area (Å²) < 4.78 is 6.95. The van der Waals surface area contributed by atoms with Crippen LogP contribution in [-0.4, -0.2) is 22.8 Å². The first-order valence-electron chi connectivity index (χ1n) is 8.02. The first-order valence-corrected chi connectivity index (χ1v) is 8.02. The van der Waals surface area contributed by atoms with Crippen molar-refractivity contribution in [3.05, 3.63) is 65.4 Å². The average molecular weight is 346 g/mol. The second-order valence-corrected chi connectivity index (χ2v) is 5.87. The zero-order valence-electron chi connectivity index (χ0n) is 14.8. The Kier molecular flexibility index (Phi) is 4.72. The summed E-state index contributed by atoms with van der Waals surface area (Å²) in [5.41, 5.74) is 4.12. The number of rotatable bonds is 4. The van der Waals surface area contributed by atoms with Crippen molar-refractivity contribution in [2.75, 3.05) is 12.4 Å². The van der Waals surface area contributed by atoms with Gasteiger partial charge in [-0.15, -0.1) is 0 Å². The number of nitrogens with zero attached hydrogens (tertiary/aromatic N) is 3. The molecule has 0 unspecified atom stereocenters. The Morgan fingerprint density at radius 1 is 1.23 bits per heavy atom. The van der Waals surface area contributed by atoms with Gasteiger partial charge in [0.25, 0.3) is 5.91 Å². The lowest BCUT2D eigenvalue weighted by Gasteiger charge is -2.07. The summed E-state index contributed by atoms with van der Waals surface area (Å²) >= 11 is 0. The summed E-state index contributed by atoms with van der Waals surface area (Å²) in [5.74, 6) is 0.485. The maximum Gasteiger partial charge on any atom is 0.276 e. The predicted octanol–water partition coefficient (Wildman–Crippen LogP) is 3.53. The highest BCUT2D eigenvalue weighted by Gasteiger charge is 2.15. The van der Waals surface area contributed by atoms with E-state index in [9.17, 15) is 4.79 Å². The molecular formula is C20H18N4O2. The molecule has 1 N–H and O–H groups in total. The highest BCUT2D eigenvalue weighted by molar-refractivity contribution is 6.03. The number of hydrogen-bond acceptors (Lipinski definition) is 4. The first-order chi connectivity index (χ1) is 12.5. The van der Waals surface area contributed by atoms with Crippen LogP contribution in [0.1, 0.15) is 21.6 Å². The van der Waals surface area contributed by atoms with Gasteiger partial charge >= 0.3 is 0 Å². The van der Waals surface area contributed by atoms with E-state index < -0.39 is 0 Å². The van der Waals surface area contributed by atoms with Crippen LogP contribution in [-0.2, 0) is 7.05 Å². The zero-order chi connectivity index (χ0) is 18.7. The second kappa shape index (κ2) is 7.11. The van der Waals surface area contributed by atoms with Crippen LogP contribution < -0.4 is 10.1 Å². The number of ether oxygens (including phenoxy) is 1. The minimum absolute atomic E-state index is 0.304. The Morgan fingerprint density at radius 3 is 2.73 bits per heavy atom. The molecule has 2 aromatic carbocycles. The van der Waals surface area contributed by atoms with Gasteiger partial charge in [0.1, 0.15) is 5.75 Å². The fraction of sp³-hybridized carbons (Fsp3) is 0.150. The Balaban J connectivity index is 1.86. The minimum atomic E-state index is -0.327. The molecule has 0 aliphatic heterocycles. The number of benzene rings is 2. The Bertz CT molecular complexity index is 1010. The van der Waals surface area contributed by atoms with Crippen molar-refractivity contribution in [2.24, 2.45) is 7.05 Å². The molecule has 130 valence electrons. The van der Waals surface area contributed by atoms with Gasteiger partial charge in [0.15, 0.2) is 5.69 Å². The molecule has 26 heavy (non-hydrogen) atoms. The normalized spacial score (nSPS) is 10.2. The van der Waals surface area contributed by atoms with Gasteiger partial charge in [-0.3, -0.25) is 9.48 Å². The van der Waals surface area contributed by atoms with Crippen LogP contribution in [0.4, 0.5) is 5.69 Å². The highest BCUT2D eigenvalue weighted by atomic mass is 16.5. The van der Waals surface area contributed by atoms with Crippen molar-refractivity contribution in [3.63, 3.8) is 0 Å². The molecule has 0 aliphatic carbocycles. The fourth-order valence-electron chi connectivity index (χ4n) is 2.75. The molecule has 1 amide bonds. The van der Waals surface area contributed by atoms with Gasteiger partial charge in [0.05, 0.1) is 24.4 Å². The highest BCUT2D eigenvalue weighted by Crippen LogP contribution is 2.26.